The molecule has 21 heavy (non-hydrogen) atoms. The molecule has 0 spiro atoms. The van der Waals surface area contributed by atoms with Gasteiger partial charge in [-0.1, -0.05) is 49.4 Å². The molecule has 0 saturated carbocycles. The lowest BCUT2D eigenvalue weighted by molar-refractivity contribution is 0.623. The molecule has 0 amide bonds. The third-order valence-electron chi connectivity index (χ3n) is 4.61. The predicted octanol–water partition coefficient (Wildman–Crippen LogP) is 4.57. The molecule has 3 rings (SSSR count). The minimum absolute atomic E-state index is 0.309. The maximum absolute atomic E-state index is 3.66. The Balaban J connectivity index is 1.99. The summed E-state index contributed by atoms with van der Waals surface area (Å²) >= 11 is 0. The van der Waals surface area contributed by atoms with Crippen molar-refractivity contribution < 1.29 is 0 Å². The summed E-state index contributed by atoms with van der Waals surface area (Å²) in [6.07, 6.45) is 5.19. The number of aryl methyl sites for hydroxylation is 3. The molecule has 0 fully saturated rings. The fraction of sp³-hybridized carbons (Fsp3) is 0.400. The lowest BCUT2D eigenvalue weighted by atomic mass is 9.87. The molecule has 2 aromatic carbocycles. The Morgan fingerprint density at radius 1 is 1.00 bits per heavy atom. The van der Waals surface area contributed by atoms with Crippen molar-refractivity contribution in [3.05, 3.63) is 70.3 Å². The molecule has 0 bridgehead atoms. The van der Waals surface area contributed by atoms with Crippen LogP contribution in [0.5, 0.6) is 0 Å². The number of benzene rings is 2. The van der Waals surface area contributed by atoms with Crippen molar-refractivity contribution in [1.82, 2.24) is 5.32 Å². The fourth-order valence-electron chi connectivity index (χ4n) is 3.46. The topological polar surface area (TPSA) is 12.0 Å². The highest BCUT2D eigenvalue weighted by Crippen LogP contribution is 2.29. The van der Waals surface area contributed by atoms with Gasteiger partial charge in [0.2, 0.25) is 0 Å². The Bertz CT molecular complexity index is 615. The van der Waals surface area contributed by atoms with E-state index in [1.807, 2.05) is 0 Å². The Morgan fingerprint density at radius 2 is 1.76 bits per heavy atom. The highest BCUT2D eigenvalue weighted by molar-refractivity contribution is 5.41. The summed E-state index contributed by atoms with van der Waals surface area (Å²) in [5.41, 5.74) is 7.29. The van der Waals surface area contributed by atoms with Crippen LogP contribution in [-0.2, 0) is 12.8 Å². The monoisotopic (exact) mass is 279 g/mol. The van der Waals surface area contributed by atoms with Crippen molar-refractivity contribution in [1.29, 1.82) is 0 Å². The van der Waals surface area contributed by atoms with E-state index in [4.69, 9.17) is 0 Å². The van der Waals surface area contributed by atoms with Gasteiger partial charge in [0, 0.05) is 0 Å². The second kappa shape index (κ2) is 6.44. The van der Waals surface area contributed by atoms with Gasteiger partial charge < -0.3 is 5.32 Å². The molecule has 0 aromatic heterocycles. The number of fused-ring (bicyclic) bond motifs is 1. The molecule has 1 N–H and O–H groups in total. The van der Waals surface area contributed by atoms with E-state index in [-0.39, 0.29) is 0 Å². The summed E-state index contributed by atoms with van der Waals surface area (Å²) in [5.74, 6) is 0. The minimum Gasteiger partial charge on any atom is -0.307 e. The van der Waals surface area contributed by atoms with Gasteiger partial charge in [0.25, 0.3) is 0 Å². The van der Waals surface area contributed by atoms with E-state index < -0.39 is 0 Å². The van der Waals surface area contributed by atoms with Crippen LogP contribution in [0.2, 0.25) is 0 Å². The van der Waals surface area contributed by atoms with E-state index in [9.17, 15) is 0 Å². The average molecular weight is 279 g/mol. The van der Waals surface area contributed by atoms with Crippen LogP contribution in [0.3, 0.4) is 0 Å². The van der Waals surface area contributed by atoms with E-state index in [0.29, 0.717) is 6.04 Å². The number of hydrogen-bond donors (Lipinski definition) is 1. The van der Waals surface area contributed by atoms with Crippen LogP contribution >= 0.6 is 0 Å². The zero-order valence-corrected chi connectivity index (χ0v) is 13.2. The van der Waals surface area contributed by atoms with Gasteiger partial charge in [-0.05, 0) is 67.0 Å². The van der Waals surface area contributed by atoms with Crippen LogP contribution in [-0.4, -0.2) is 6.54 Å². The normalized spacial score (nSPS) is 15.5. The second-order valence-electron chi connectivity index (χ2n) is 6.08. The summed E-state index contributed by atoms with van der Waals surface area (Å²) in [4.78, 5) is 0. The summed E-state index contributed by atoms with van der Waals surface area (Å²) in [6.45, 7) is 5.37. The molecule has 110 valence electrons. The van der Waals surface area contributed by atoms with Crippen molar-refractivity contribution in [2.45, 2.75) is 45.6 Å². The number of nitrogens with one attached hydrogen (secondary N) is 1. The maximum atomic E-state index is 3.66. The molecule has 2 aromatic rings. The van der Waals surface area contributed by atoms with Gasteiger partial charge >= 0.3 is 0 Å². The Kier molecular flexibility index (Phi) is 4.40. The predicted molar refractivity (Wildman–Crippen MR) is 89.8 cm³/mol. The first-order chi connectivity index (χ1) is 10.3. The van der Waals surface area contributed by atoms with E-state index >= 15 is 0 Å². The highest BCUT2D eigenvalue weighted by Gasteiger charge is 2.17. The highest BCUT2D eigenvalue weighted by atomic mass is 14.9. The van der Waals surface area contributed by atoms with Gasteiger partial charge in [-0.25, -0.2) is 0 Å². The fourth-order valence-corrected chi connectivity index (χ4v) is 3.46. The van der Waals surface area contributed by atoms with E-state index in [1.165, 1.54) is 42.4 Å². The maximum Gasteiger partial charge on any atom is 0.0579 e. The third-order valence-corrected chi connectivity index (χ3v) is 4.61. The van der Waals surface area contributed by atoms with Crippen molar-refractivity contribution >= 4 is 0 Å². The molecule has 1 aliphatic rings. The van der Waals surface area contributed by atoms with E-state index in [2.05, 4.69) is 61.6 Å². The van der Waals surface area contributed by atoms with Gasteiger partial charge in [0.1, 0.15) is 0 Å². The molecular formula is C20H25N. The molecule has 0 radical (unpaired) electrons. The van der Waals surface area contributed by atoms with Crippen molar-refractivity contribution in [3.63, 3.8) is 0 Å². The van der Waals surface area contributed by atoms with E-state index in [0.717, 1.165) is 6.54 Å². The van der Waals surface area contributed by atoms with Gasteiger partial charge in [0.05, 0.1) is 6.04 Å². The van der Waals surface area contributed by atoms with Crippen molar-refractivity contribution in [3.8, 4) is 0 Å². The van der Waals surface area contributed by atoms with E-state index in [1.54, 1.807) is 11.1 Å². The lowest BCUT2D eigenvalue weighted by Crippen LogP contribution is -2.23. The van der Waals surface area contributed by atoms with Gasteiger partial charge in [0.15, 0.2) is 0 Å². The zero-order valence-electron chi connectivity index (χ0n) is 13.2. The molecule has 1 atom stereocenters. The molecule has 0 aliphatic heterocycles. The number of rotatable bonds is 4. The Hall–Kier alpha value is -1.60. The first-order valence-corrected chi connectivity index (χ1v) is 8.20. The molecule has 1 aliphatic carbocycles. The number of hydrogen-bond acceptors (Lipinski definition) is 1. The van der Waals surface area contributed by atoms with Crippen LogP contribution in [0, 0.1) is 6.92 Å². The van der Waals surface area contributed by atoms with Crippen LogP contribution in [0.1, 0.15) is 53.6 Å². The Morgan fingerprint density at radius 3 is 2.52 bits per heavy atom. The molecule has 0 saturated heterocycles. The summed E-state index contributed by atoms with van der Waals surface area (Å²) in [7, 11) is 0. The first-order valence-electron chi connectivity index (χ1n) is 8.20. The second-order valence-corrected chi connectivity index (χ2v) is 6.08. The molecule has 1 unspecified atom stereocenters. The molecule has 1 heteroatoms. The Labute approximate surface area is 128 Å². The molecular weight excluding hydrogens is 254 g/mol. The first kappa shape index (κ1) is 14.3. The molecule has 0 heterocycles. The SMILES string of the molecule is CCNC(c1ccc2c(c1)CCCC2)c1ccccc1C. The van der Waals surface area contributed by atoms with Gasteiger partial charge in [-0.3, -0.25) is 0 Å². The van der Waals surface area contributed by atoms with Crippen LogP contribution in [0.25, 0.3) is 0 Å². The van der Waals surface area contributed by atoms with Crippen molar-refractivity contribution in [2.75, 3.05) is 6.54 Å². The van der Waals surface area contributed by atoms with Crippen LogP contribution in [0.4, 0.5) is 0 Å². The van der Waals surface area contributed by atoms with Crippen LogP contribution < -0.4 is 5.32 Å². The zero-order chi connectivity index (χ0) is 14.7. The van der Waals surface area contributed by atoms with Crippen molar-refractivity contribution in [2.24, 2.45) is 0 Å². The lowest BCUT2D eigenvalue weighted by Gasteiger charge is -2.24. The minimum atomic E-state index is 0.309. The average Bonchev–Trinajstić information content (AvgIpc) is 2.53. The van der Waals surface area contributed by atoms with Gasteiger partial charge in [-0.15, -0.1) is 0 Å². The summed E-state index contributed by atoms with van der Waals surface area (Å²) in [6, 6.07) is 16.1. The quantitative estimate of drug-likeness (QED) is 0.864. The standard InChI is InChI=1S/C20H25N/c1-3-21-20(19-11-7-4-8-15(19)2)18-13-12-16-9-5-6-10-17(16)14-18/h4,7-8,11-14,20-21H,3,5-6,9-10H2,1-2H3. The largest absolute Gasteiger partial charge is 0.307 e. The summed E-state index contributed by atoms with van der Waals surface area (Å²) in [5, 5.41) is 3.66. The van der Waals surface area contributed by atoms with Crippen LogP contribution in [0.15, 0.2) is 42.5 Å². The third kappa shape index (κ3) is 3.03. The van der Waals surface area contributed by atoms with Gasteiger partial charge in [-0.2, -0.15) is 0 Å². The smallest absolute Gasteiger partial charge is 0.0579 e. The molecule has 1 nitrogen and oxygen atoms in total. The summed E-state index contributed by atoms with van der Waals surface area (Å²) < 4.78 is 0.